The van der Waals surface area contributed by atoms with E-state index in [1.165, 1.54) is 12.0 Å². The highest BCUT2D eigenvalue weighted by Gasteiger charge is 2.39. The van der Waals surface area contributed by atoms with Crippen molar-refractivity contribution in [3.8, 4) is 0 Å². The summed E-state index contributed by atoms with van der Waals surface area (Å²) in [5.74, 6) is -0.771. The maximum Gasteiger partial charge on any atom is 0.337 e. The molecule has 0 radical (unpaired) electrons. The average molecular weight is 406 g/mol. The summed E-state index contributed by atoms with van der Waals surface area (Å²) in [6.07, 6.45) is 0. The molecule has 1 aliphatic heterocycles. The quantitative estimate of drug-likeness (QED) is 0.638. The zero-order chi connectivity index (χ0) is 20.4. The van der Waals surface area contributed by atoms with Crippen LogP contribution >= 0.6 is 11.8 Å². The summed E-state index contributed by atoms with van der Waals surface area (Å²) in [5, 5.41) is 4.21. The summed E-state index contributed by atoms with van der Waals surface area (Å²) in [6.45, 7) is 0.100. The first kappa shape index (κ1) is 19.0. The molecule has 146 valence electrons. The number of amides is 2. The Morgan fingerprint density at radius 1 is 1.07 bits per heavy atom. The predicted molar refractivity (Wildman–Crippen MR) is 113 cm³/mol. The molecule has 1 unspecified atom stereocenters. The molecule has 6 nitrogen and oxygen atoms in total. The van der Waals surface area contributed by atoms with Gasteiger partial charge in [-0.15, -0.1) is 0 Å². The number of ether oxygens (including phenoxy) is 1. The van der Waals surface area contributed by atoms with Crippen LogP contribution in [0.4, 0.5) is 10.5 Å². The molecule has 1 atom stereocenters. The van der Waals surface area contributed by atoms with Crippen LogP contribution in [0, 0.1) is 0 Å². The Bertz CT molecular complexity index is 1110. The van der Waals surface area contributed by atoms with E-state index in [1.807, 2.05) is 42.5 Å². The maximum atomic E-state index is 12.9. The number of hydrogen-bond donors (Lipinski definition) is 1. The van der Waals surface area contributed by atoms with Gasteiger partial charge in [0.1, 0.15) is 0 Å². The smallest absolute Gasteiger partial charge is 0.337 e. The molecule has 1 fully saturated rings. The van der Waals surface area contributed by atoms with Gasteiger partial charge in [0.15, 0.2) is 5.37 Å². The molecule has 0 saturated carbocycles. The second kappa shape index (κ2) is 7.97. The molecule has 7 heteroatoms. The van der Waals surface area contributed by atoms with E-state index in [4.69, 9.17) is 4.74 Å². The van der Waals surface area contributed by atoms with Crippen LogP contribution in [0.15, 0.2) is 66.7 Å². The maximum absolute atomic E-state index is 12.9. The Hall–Kier alpha value is -3.32. The molecule has 3 aromatic carbocycles. The van der Waals surface area contributed by atoms with Crippen LogP contribution in [0.5, 0.6) is 0 Å². The third-order valence-corrected chi connectivity index (χ3v) is 5.67. The normalized spacial score (nSPS) is 16.3. The molecule has 0 aromatic heterocycles. The largest absolute Gasteiger partial charge is 0.465 e. The van der Waals surface area contributed by atoms with Crippen molar-refractivity contribution in [3.05, 3.63) is 77.9 Å². The van der Waals surface area contributed by atoms with E-state index >= 15 is 0 Å². The van der Waals surface area contributed by atoms with Gasteiger partial charge in [-0.25, -0.2) is 4.79 Å². The Labute approximate surface area is 171 Å². The highest BCUT2D eigenvalue weighted by atomic mass is 32.2. The number of methoxy groups -OCH3 is 1. The number of esters is 1. The van der Waals surface area contributed by atoms with E-state index < -0.39 is 11.3 Å². The number of nitrogens with one attached hydrogen (secondary N) is 1. The fourth-order valence-corrected chi connectivity index (χ4v) is 4.17. The summed E-state index contributed by atoms with van der Waals surface area (Å²) in [4.78, 5) is 38.2. The number of carbonyl (C=O) groups excluding carboxylic acids is 3. The zero-order valence-electron chi connectivity index (χ0n) is 15.6. The lowest BCUT2D eigenvalue weighted by Gasteiger charge is -2.16. The molecule has 0 spiro atoms. The first-order valence-electron chi connectivity index (χ1n) is 9.00. The van der Waals surface area contributed by atoms with Gasteiger partial charge < -0.3 is 10.1 Å². The van der Waals surface area contributed by atoms with E-state index in [0.29, 0.717) is 11.1 Å². The second-order valence-electron chi connectivity index (χ2n) is 6.55. The number of imide groups is 1. The van der Waals surface area contributed by atoms with Crippen molar-refractivity contribution in [2.45, 2.75) is 11.9 Å². The van der Waals surface area contributed by atoms with Gasteiger partial charge in [0, 0.05) is 11.1 Å². The fraction of sp³-hybridized carbons (Fsp3) is 0.136. The Kier molecular flexibility index (Phi) is 5.22. The summed E-state index contributed by atoms with van der Waals surface area (Å²) in [7, 11) is 1.31. The van der Waals surface area contributed by atoms with Gasteiger partial charge in [-0.3, -0.25) is 14.5 Å². The molecule has 4 rings (SSSR count). The lowest BCUT2D eigenvalue weighted by molar-refractivity contribution is -0.126. The molecule has 29 heavy (non-hydrogen) atoms. The van der Waals surface area contributed by atoms with Crippen molar-refractivity contribution in [1.29, 1.82) is 0 Å². The van der Waals surface area contributed by atoms with Gasteiger partial charge in [-0.1, -0.05) is 48.5 Å². The highest BCUT2D eigenvalue weighted by Crippen LogP contribution is 2.32. The molecule has 3 aromatic rings. The molecule has 1 aliphatic rings. The van der Waals surface area contributed by atoms with Crippen molar-refractivity contribution >= 4 is 45.3 Å². The first-order valence-corrected chi connectivity index (χ1v) is 9.88. The van der Waals surface area contributed by atoms with E-state index in [2.05, 4.69) is 5.32 Å². The van der Waals surface area contributed by atoms with Crippen LogP contribution in [0.2, 0.25) is 0 Å². The van der Waals surface area contributed by atoms with Gasteiger partial charge in [0.2, 0.25) is 0 Å². The molecular formula is C22H18N2O4S. The van der Waals surface area contributed by atoms with Crippen molar-refractivity contribution in [3.63, 3.8) is 0 Å². The molecule has 1 heterocycles. The van der Waals surface area contributed by atoms with E-state index in [9.17, 15) is 14.4 Å². The van der Waals surface area contributed by atoms with Crippen molar-refractivity contribution in [2.24, 2.45) is 0 Å². The van der Waals surface area contributed by atoms with Gasteiger partial charge >= 0.3 is 5.97 Å². The Balaban J connectivity index is 1.53. The SMILES string of the molecule is COC(=O)c1cccc(CN2C(=O)SC(Nc3cccc4ccccc34)C2=O)c1. The molecule has 0 aliphatic carbocycles. The number of nitrogens with zero attached hydrogens (tertiary/aromatic N) is 1. The van der Waals surface area contributed by atoms with Crippen molar-refractivity contribution in [1.82, 2.24) is 4.90 Å². The second-order valence-corrected chi connectivity index (χ2v) is 7.61. The van der Waals surface area contributed by atoms with Gasteiger partial charge in [0.25, 0.3) is 11.1 Å². The lowest BCUT2D eigenvalue weighted by Crippen LogP contribution is -2.34. The number of carbonyl (C=O) groups is 3. The van der Waals surface area contributed by atoms with Crippen LogP contribution < -0.4 is 5.32 Å². The van der Waals surface area contributed by atoms with Gasteiger partial charge in [-0.2, -0.15) is 0 Å². The summed E-state index contributed by atoms with van der Waals surface area (Å²) < 4.78 is 4.72. The third-order valence-electron chi connectivity index (χ3n) is 4.69. The number of anilines is 1. The van der Waals surface area contributed by atoms with E-state index in [1.54, 1.807) is 24.3 Å². The number of hydrogen-bond acceptors (Lipinski definition) is 6. The van der Waals surface area contributed by atoms with Crippen LogP contribution in [-0.4, -0.2) is 34.5 Å². The molecule has 2 amide bonds. The summed E-state index contributed by atoms with van der Waals surface area (Å²) >= 11 is 0.954. The minimum absolute atomic E-state index is 0.100. The number of benzene rings is 3. The number of thioether (sulfide) groups is 1. The van der Waals surface area contributed by atoms with E-state index in [-0.39, 0.29) is 17.7 Å². The van der Waals surface area contributed by atoms with Crippen molar-refractivity contribution in [2.75, 3.05) is 12.4 Å². The monoisotopic (exact) mass is 406 g/mol. The molecular weight excluding hydrogens is 388 g/mol. The van der Waals surface area contributed by atoms with Gasteiger partial charge in [0.05, 0.1) is 19.2 Å². The Morgan fingerprint density at radius 2 is 1.83 bits per heavy atom. The fourth-order valence-electron chi connectivity index (χ4n) is 3.27. The van der Waals surface area contributed by atoms with Crippen LogP contribution in [-0.2, 0) is 16.1 Å². The molecule has 1 N–H and O–H groups in total. The van der Waals surface area contributed by atoms with Gasteiger partial charge in [-0.05, 0) is 40.9 Å². The first-order chi connectivity index (χ1) is 14.1. The summed E-state index contributed by atoms with van der Waals surface area (Å²) in [5.41, 5.74) is 1.86. The number of rotatable bonds is 5. The van der Waals surface area contributed by atoms with Crippen molar-refractivity contribution < 1.29 is 19.1 Å². The highest BCUT2D eigenvalue weighted by molar-refractivity contribution is 8.15. The minimum atomic E-state index is -0.697. The minimum Gasteiger partial charge on any atom is -0.465 e. The lowest BCUT2D eigenvalue weighted by atomic mass is 10.1. The topological polar surface area (TPSA) is 75.7 Å². The number of fused-ring (bicyclic) bond motifs is 1. The third kappa shape index (κ3) is 3.82. The predicted octanol–water partition coefficient (Wildman–Crippen LogP) is 4.26. The molecule has 1 saturated heterocycles. The summed E-state index contributed by atoms with van der Waals surface area (Å²) in [6, 6.07) is 20.4. The van der Waals surface area contributed by atoms with Crippen LogP contribution in [0.3, 0.4) is 0 Å². The zero-order valence-corrected chi connectivity index (χ0v) is 16.4. The molecule has 0 bridgehead atoms. The van der Waals surface area contributed by atoms with E-state index in [0.717, 1.165) is 28.2 Å². The van der Waals surface area contributed by atoms with Crippen LogP contribution in [0.1, 0.15) is 15.9 Å². The standard InChI is InChI=1S/C22H18N2O4S/c1-28-21(26)16-9-4-6-14(12-16)13-24-20(25)19(29-22(24)27)23-18-11-5-8-15-7-2-3-10-17(15)18/h2-12,19,23H,13H2,1H3. The Morgan fingerprint density at radius 3 is 2.66 bits per heavy atom. The van der Waals surface area contributed by atoms with Crippen LogP contribution in [0.25, 0.3) is 10.8 Å². The average Bonchev–Trinajstić information content (AvgIpc) is 3.01.